The Hall–Kier alpha value is -3.07. The third-order valence-corrected chi connectivity index (χ3v) is 3.20. The lowest BCUT2D eigenvalue weighted by atomic mass is 10.2. The first-order chi connectivity index (χ1) is 10.9. The number of fused-ring (bicyclic) bond motifs is 1. The highest BCUT2D eigenvalue weighted by Crippen LogP contribution is 2.24. The van der Waals surface area contributed by atoms with Gasteiger partial charge in [-0.25, -0.2) is 0 Å². The van der Waals surface area contributed by atoms with Crippen LogP contribution in [0.2, 0.25) is 0 Å². The predicted molar refractivity (Wildman–Crippen MR) is 92.3 cm³/mol. The Bertz CT molecular complexity index is 786. The summed E-state index contributed by atoms with van der Waals surface area (Å²) in [5.74, 6) is 0. The molecule has 4 rings (SSSR count). The summed E-state index contributed by atoms with van der Waals surface area (Å²) < 4.78 is 0. The van der Waals surface area contributed by atoms with Crippen molar-refractivity contribution in [3.63, 3.8) is 0 Å². The van der Waals surface area contributed by atoms with Gasteiger partial charge in [-0.1, -0.05) is 36.4 Å². The highest BCUT2D eigenvalue weighted by molar-refractivity contribution is 5.92. The first-order valence-electron chi connectivity index (χ1n) is 7.17. The zero-order valence-corrected chi connectivity index (χ0v) is 12.1. The Labute approximate surface area is 129 Å². The molecule has 0 amide bonds. The summed E-state index contributed by atoms with van der Waals surface area (Å²) in [5, 5.41) is 4.54. The van der Waals surface area contributed by atoms with E-state index in [0.29, 0.717) is 0 Å². The second-order valence-corrected chi connectivity index (χ2v) is 4.75. The van der Waals surface area contributed by atoms with Crippen molar-refractivity contribution in [2.45, 2.75) is 0 Å². The maximum absolute atomic E-state index is 4.34. The van der Waals surface area contributed by atoms with E-state index in [0.717, 1.165) is 22.3 Å². The summed E-state index contributed by atoms with van der Waals surface area (Å²) in [6.07, 6.45) is 5.58. The number of rotatable bonds is 2. The van der Waals surface area contributed by atoms with E-state index in [4.69, 9.17) is 0 Å². The largest absolute Gasteiger partial charge is 0.368 e. The molecular weight excluding hydrogens is 270 g/mol. The van der Waals surface area contributed by atoms with E-state index in [2.05, 4.69) is 33.5 Å². The molecule has 0 saturated carbocycles. The Morgan fingerprint density at radius 2 is 1.45 bits per heavy atom. The average Bonchev–Trinajstić information content (AvgIpc) is 3.16. The fraction of sp³-hybridized carbons (Fsp3) is 0. The summed E-state index contributed by atoms with van der Waals surface area (Å²) in [6.45, 7) is 0. The Kier molecular flexibility index (Phi) is 4.47. The lowest BCUT2D eigenvalue weighted by molar-refractivity contribution is 1.40. The minimum atomic E-state index is 1.01. The number of nitrogens with zero attached hydrogens (tertiary/aromatic N) is 1. The smallest absolute Gasteiger partial charge is 0.0722 e. The van der Waals surface area contributed by atoms with Gasteiger partial charge in [0.05, 0.1) is 5.52 Å². The monoisotopic (exact) mass is 287 g/mol. The molecule has 0 saturated heterocycles. The van der Waals surface area contributed by atoms with Crippen molar-refractivity contribution in [2.75, 3.05) is 5.32 Å². The summed E-state index contributed by atoms with van der Waals surface area (Å²) in [4.78, 5) is 7.20. The number of aromatic nitrogens is 2. The quantitative estimate of drug-likeness (QED) is 0.545. The summed E-state index contributed by atoms with van der Waals surface area (Å²) in [5.41, 5.74) is 3.18. The number of anilines is 2. The minimum Gasteiger partial charge on any atom is -0.368 e. The minimum absolute atomic E-state index is 1.01. The number of para-hydroxylation sites is 2. The molecule has 0 aliphatic rings. The van der Waals surface area contributed by atoms with Crippen molar-refractivity contribution in [3.05, 3.63) is 91.4 Å². The van der Waals surface area contributed by atoms with Crippen LogP contribution in [0.4, 0.5) is 11.4 Å². The molecule has 4 aromatic rings. The first kappa shape index (κ1) is 13.9. The van der Waals surface area contributed by atoms with Gasteiger partial charge in [0.1, 0.15) is 0 Å². The summed E-state index contributed by atoms with van der Waals surface area (Å²) in [7, 11) is 0. The van der Waals surface area contributed by atoms with Crippen molar-refractivity contribution in [2.24, 2.45) is 0 Å². The molecule has 0 radical (unpaired) electrons. The summed E-state index contributed by atoms with van der Waals surface area (Å²) in [6, 6.07) is 24.2. The highest BCUT2D eigenvalue weighted by Gasteiger charge is 2.00. The van der Waals surface area contributed by atoms with Crippen molar-refractivity contribution in [1.82, 2.24) is 9.97 Å². The molecule has 0 atom stereocenters. The van der Waals surface area contributed by atoms with Crippen molar-refractivity contribution < 1.29 is 0 Å². The number of benzene rings is 2. The SMILES string of the molecule is c1cc[nH]c1.c1ccc(Nc2ccnc3ccccc23)cc1. The van der Waals surface area contributed by atoms with E-state index in [1.165, 1.54) is 0 Å². The van der Waals surface area contributed by atoms with E-state index in [1.54, 1.807) is 0 Å². The summed E-state index contributed by atoms with van der Waals surface area (Å²) >= 11 is 0. The van der Waals surface area contributed by atoms with Gasteiger partial charge in [-0.05, 0) is 36.4 Å². The molecule has 2 aromatic carbocycles. The van der Waals surface area contributed by atoms with Gasteiger partial charge in [0.25, 0.3) is 0 Å². The standard InChI is InChI=1S/C15H12N2.C4H5N/c1-2-6-12(7-3-1)17-15-10-11-16-14-9-5-4-8-13(14)15;1-2-4-5-3-1/h1-11H,(H,16,17);1-5H. The maximum atomic E-state index is 4.34. The fourth-order valence-corrected chi connectivity index (χ4v) is 2.16. The molecule has 0 fully saturated rings. The van der Waals surface area contributed by atoms with Crippen LogP contribution in [0.1, 0.15) is 0 Å². The Morgan fingerprint density at radius 3 is 2.18 bits per heavy atom. The van der Waals surface area contributed by atoms with Crippen LogP contribution >= 0.6 is 0 Å². The van der Waals surface area contributed by atoms with E-state index < -0.39 is 0 Å². The van der Waals surface area contributed by atoms with Crippen LogP contribution < -0.4 is 5.32 Å². The van der Waals surface area contributed by atoms with Gasteiger partial charge in [0, 0.05) is 35.4 Å². The predicted octanol–water partition coefficient (Wildman–Crippen LogP) is 4.99. The third-order valence-electron chi connectivity index (χ3n) is 3.20. The third kappa shape index (κ3) is 3.52. The van der Waals surface area contributed by atoms with E-state index in [1.807, 2.05) is 73.2 Å². The second kappa shape index (κ2) is 7.09. The molecule has 0 aliphatic heterocycles. The molecule has 3 heteroatoms. The lowest BCUT2D eigenvalue weighted by Gasteiger charge is -2.08. The van der Waals surface area contributed by atoms with E-state index >= 15 is 0 Å². The molecule has 0 aliphatic carbocycles. The lowest BCUT2D eigenvalue weighted by Crippen LogP contribution is -1.91. The second-order valence-electron chi connectivity index (χ2n) is 4.75. The van der Waals surface area contributed by atoms with Gasteiger partial charge >= 0.3 is 0 Å². The van der Waals surface area contributed by atoms with Crippen LogP contribution in [0.5, 0.6) is 0 Å². The molecular formula is C19H17N3. The zero-order valence-electron chi connectivity index (χ0n) is 12.1. The molecule has 22 heavy (non-hydrogen) atoms. The topological polar surface area (TPSA) is 40.7 Å². The normalized spacial score (nSPS) is 9.82. The number of aromatic amines is 1. The maximum Gasteiger partial charge on any atom is 0.0722 e. The van der Waals surface area contributed by atoms with Crippen LogP contribution in [0, 0.1) is 0 Å². The van der Waals surface area contributed by atoms with Gasteiger partial charge < -0.3 is 10.3 Å². The number of pyridine rings is 1. The number of hydrogen-bond donors (Lipinski definition) is 2. The van der Waals surface area contributed by atoms with Crippen LogP contribution in [0.3, 0.4) is 0 Å². The average molecular weight is 287 g/mol. The molecule has 0 unspecified atom stereocenters. The van der Waals surface area contributed by atoms with Gasteiger partial charge in [0.2, 0.25) is 0 Å². The van der Waals surface area contributed by atoms with Crippen molar-refractivity contribution >= 4 is 22.3 Å². The first-order valence-corrected chi connectivity index (χ1v) is 7.17. The molecule has 0 spiro atoms. The van der Waals surface area contributed by atoms with Gasteiger partial charge in [-0.15, -0.1) is 0 Å². The van der Waals surface area contributed by atoms with E-state index in [9.17, 15) is 0 Å². The van der Waals surface area contributed by atoms with Gasteiger partial charge in [0.15, 0.2) is 0 Å². The zero-order chi connectivity index (χ0) is 15.0. The number of hydrogen-bond acceptors (Lipinski definition) is 2. The molecule has 2 N–H and O–H groups in total. The molecule has 2 heterocycles. The van der Waals surface area contributed by atoms with Crippen molar-refractivity contribution in [3.8, 4) is 0 Å². The van der Waals surface area contributed by atoms with Crippen LogP contribution in [-0.2, 0) is 0 Å². The number of nitrogens with one attached hydrogen (secondary N) is 2. The van der Waals surface area contributed by atoms with Crippen LogP contribution in [0.15, 0.2) is 91.4 Å². The molecule has 3 nitrogen and oxygen atoms in total. The van der Waals surface area contributed by atoms with E-state index in [-0.39, 0.29) is 0 Å². The molecule has 108 valence electrons. The van der Waals surface area contributed by atoms with Gasteiger partial charge in [-0.2, -0.15) is 0 Å². The molecule has 0 bridgehead atoms. The number of H-pyrrole nitrogens is 1. The van der Waals surface area contributed by atoms with Crippen LogP contribution in [-0.4, -0.2) is 9.97 Å². The Balaban J connectivity index is 0.000000246. The van der Waals surface area contributed by atoms with Crippen molar-refractivity contribution in [1.29, 1.82) is 0 Å². The highest BCUT2D eigenvalue weighted by atomic mass is 14.9. The van der Waals surface area contributed by atoms with Crippen LogP contribution in [0.25, 0.3) is 10.9 Å². The Morgan fingerprint density at radius 1 is 0.727 bits per heavy atom. The molecule has 2 aromatic heterocycles. The van der Waals surface area contributed by atoms with Gasteiger partial charge in [-0.3, -0.25) is 4.98 Å². The fourth-order valence-electron chi connectivity index (χ4n) is 2.16.